The van der Waals surface area contributed by atoms with Gasteiger partial charge in [-0.15, -0.1) is 0 Å². The number of phenolic OH excluding ortho intramolecular Hbond substituents is 1. The fourth-order valence-corrected chi connectivity index (χ4v) is 2.24. The second-order valence-electron chi connectivity index (χ2n) is 4.93. The number of benzene rings is 1. The van der Waals surface area contributed by atoms with Gasteiger partial charge in [0.15, 0.2) is 0 Å². The highest BCUT2D eigenvalue weighted by atomic mass is 16.3. The predicted octanol–water partition coefficient (Wildman–Crippen LogP) is 1.38. The number of para-hydroxylation sites is 1. The Morgan fingerprint density at radius 3 is 2.59 bits per heavy atom. The fourth-order valence-electron chi connectivity index (χ4n) is 2.24. The van der Waals surface area contributed by atoms with Gasteiger partial charge in [-0.3, -0.25) is 4.79 Å². The molecule has 0 radical (unpaired) electrons. The fraction of sp³-hybridized carbons (Fsp3) is 0.462. The van der Waals surface area contributed by atoms with Gasteiger partial charge in [0.1, 0.15) is 5.75 Å². The Balaban J connectivity index is 2.31. The van der Waals surface area contributed by atoms with Crippen LogP contribution in [-0.2, 0) is 0 Å². The quantitative estimate of drug-likeness (QED) is 0.773. The molecular weight excluding hydrogens is 218 g/mol. The van der Waals surface area contributed by atoms with Gasteiger partial charge in [0.25, 0.3) is 5.91 Å². The van der Waals surface area contributed by atoms with E-state index in [1.165, 1.54) is 6.07 Å². The topological polar surface area (TPSA) is 60.8 Å². The van der Waals surface area contributed by atoms with Gasteiger partial charge in [0.2, 0.25) is 0 Å². The smallest absolute Gasteiger partial charge is 0.258 e. The van der Waals surface area contributed by atoms with Crippen molar-refractivity contribution < 1.29 is 15.0 Å². The molecule has 2 N–H and O–H groups in total. The van der Waals surface area contributed by atoms with Gasteiger partial charge < -0.3 is 15.1 Å². The van der Waals surface area contributed by atoms with Crippen LogP contribution in [0.1, 0.15) is 30.6 Å². The van der Waals surface area contributed by atoms with E-state index in [-0.39, 0.29) is 17.2 Å². The van der Waals surface area contributed by atoms with Crippen molar-refractivity contribution in [1.29, 1.82) is 0 Å². The highest BCUT2D eigenvalue weighted by Crippen LogP contribution is 2.31. The third-order valence-corrected chi connectivity index (χ3v) is 3.52. The van der Waals surface area contributed by atoms with Crippen molar-refractivity contribution in [3.05, 3.63) is 29.8 Å². The van der Waals surface area contributed by atoms with Crippen LogP contribution in [-0.4, -0.2) is 39.2 Å². The number of aromatic hydroxyl groups is 1. The number of carbonyl (C=O) groups excluding carboxylic acids is 1. The van der Waals surface area contributed by atoms with Crippen molar-refractivity contribution in [2.75, 3.05) is 6.54 Å². The Morgan fingerprint density at radius 2 is 2.06 bits per heavy atom. The van der Waals surface area contributed by atoms with Crippen LogP contribution in [0.2, 0.25) is 0 Å². The standard InChI is InChI=1S/C13H17NO3/c1-13(2)11(16)7-8-14(13)12(17)9-5-3-4-6-10(9)15/h3-6,11,15-16H,7-8H2,1-2H3. The summed E-state index contributed by atoms with van der Waals surface area (Å²) in [7, 11) is 0. The Bertz CT molecular complexity index is 442. The molecule has 1 heterocycles. The van der Waals surface area contributed by atoms with Crippen molar-refractivity contribution in [3.8, 4) is 5.75 Å². The zero-order valence-corrected chi connectivity index (χ0v) is 10.1. The number of amides is 1. The highest BCUT2D eigenvalue weighted by Gasteiger charge is 2.43. The van der Waals surface area contributed by atoms with Crippen molar-refractivity contribution in [1.82, 2.24) is 4.90 Å². The molecule has 1 atom stereocenters. The number of aliphatic hydroxyl groups is 1. The maximum Gasteiger partial charge on any atom is 0.258 e. The van der Waals surface area contributed by atoms with E-state index in [2.05, 4.69) is 0 Å². The van der Waals surface area contributed by atoms with Crippen LogP contribution in [0.5, 0.6) is 5.75 Å². The van der Waals surface area contributed by atoms with Crippen molar-refractivity contribution in [3.63, 3.8) is 0 Å². The third kappa shape index (κ3) is 1.89. The zero-order chi connectivity index (χ0) is 12.6. The first-order valence-corrected chi connectivity index (χ1v) is 5.72. The number of aliphatic hydroxyl groups excluding tert-OH is 1. The molecule has 0 aromatic heterocycles. The van der Waals surface area contributed by atoms with Gasteiger partial charge in [-0.1, -0.05) is 12.1 Å². The van der Waals surface area contributed by atoms with E-state index < -0.39 is 11.6 Å². The SMILES string of the molecule is CC1(C)C(O)CCN1C(=O)c1ccccc1O. The molecule has 1 aromatic rings. The minimum absolute atomic E-state index is 0.0188. The van der Waals surface area contributed by atoms with E-state index in [0.29, 0.717) is 13.0 Å². The van der Waals surface area contributed by atoms with Gasteiger partial charge in [-0.25, -0.2) is 0 Å². The van der Waals surface area contributed by atoms with Gasteiger partial charge in [-0.2, -0.15) is 0 Å². The molecule has 2 rings (SSSR count). The largest absolute Gasteiger partial charge is 0.507 e. The lowest BCUT2D eigenvalue weighted by molar-refractivity contribution is 0.0392. The van der Waals surface area contributed by atoms with Crippen molar-refractivity contribution in [2.45, 2.75) is 31.9 Å². The molecule has 1 aliphatic heterocycles. The third-order valence-electron chi connectivity index (χ3n) is 3.52. The molecule has 0 bridgehead atoms. The van der Waals surface area contributed by atoms with Crippen LogP contribution < -0.4 is 0 Å². The zero-order valence-electron chi connectivity index (χ0n) is 10.1. The molecule has 1 unspecified atom stereocenters. The monoisotopic (exact) mass is 235 g/mol. The van der Waals surface area contributed by atoms with Crippen LogP contribution in [0.4, 0.5) is 0 Å². The predicted molar refractivity (Wildman–Crippen MR) is 63.8 cm³/mol. The summed E-state index contributed by atoms with van der Waals surface area (Å²) in [5.74, 6) is -0.251. The van der Waals surface area contributed by atoms with Crippen molar-refractivity contribution >= 4 is 5.91 Å². The second-order valence-corrected chi connectivity index (χ2v) is 4.93. The summed E-state index contributed by atoms with van der Waals surface area (Å²) < 4.78 is 0. The highest BCUT2D eigenvalue weighted by molar-refractivity contribution is 5.97. The minimum Gasteiger partial charge on any atom is -0.507 e. The minimum atomic E-state index is -0.584. The lowest BCUT2D eigenvalue weighted by Gasteiger charge is -2.33. The van der Waals surface area contributed by atoms with E-state index in [0.717, 1.165) is 0 Å². The molecule has 17 heavy (non-hydrogen) atoms. The molecule has 0 saturated carbocycles. The number of carbonyl (C=O) groups is 1. The molecule has 1 saturated heterocycles. The lowest BCUT2D eigenvalue weighted by Crippen LogP contribution is -2.48. The molecular formula is C13H17NO3. The molecule has 4 heteroatoms. The second kappa shape index (κ2) is 4.04. The van der Waals surface area contributed by atoms with Crippen LogP contribution in [0.25, 0.3) is 0 Å². The molecule has 0 aliphatic carbocycles. The van der Waals surface area contributed by atoms with E-state index >= 15 is 0 Å². The normalized spacial score (nSPS) is 22.8. The first-order valence-electron chi connectivity index (χ1n) is 5.72. The summed E-state index contributed by atoms with van der Waals surface area (Å²) in [6.07, 6.45) is 0.0593. The molecule has 4 nitrogen and oxygen atoms in total. The van der Waals surface area contributed by atoms with Crippen LogP contribution in [0, 0.1) is 0 Å². The van der Waals surface area contributed by atoms with E-state index in [1.54, 1.807) is 23.1 Å². The Labute approximate surface area is 100 Å². The molecule has 92 valence electrons. The number of hydrogen-bond donors (Lipinski definition) is 2. The Morgan fingerprint density at radius 1 is 1.41 bits per heavy atom. The van der Waals surface area contributed by atoms with Gasteiger partial charge in [-0.05, 0) is 32.4 Å². The molecule has 1 aromatic carbocycles. The average Bonchev–Trinajstić information content (AvgIpc) is 2.54. The summed E-state index contributed by atoms with van der Waals surface area (Å²) in [4.78, 5) is 13.9. The lowest BCUT2D eigenvalue weighted by atomic mass is 9.98. The number of hydrogen-bond acceptors (Lipinski definition) is 3. The Hall–Kier alpha value is -1.55. The number of rotatable bonds is 1. The van der Waals surface area contributed by atoms with Gasteiger partial charge >= 0.3 is 0 Å². The summed E-state index contributed by atoms with van der Waals surface area (Å²) in [6, 6.07) is 6.48. The molecule has 1 fully saturated rings. The van der Waals surface area contributed by atoms with Crippen LogP contribution in [0.3, 0.4) is 0 Å². The Kier molecular flexibility index (Phi) is 2.83. The van der Waals surface area contributed by atoms with Crippen LogP contribution in [0.15, 0.2) is 24.3 Å². The van der Waals surface area contributed by atoms with E-state index in [4.69, 9.17) is 0 Å². The number of nitrogens with zero attached hydrogens (tertiary/aromatic N) is 1. The number of phenols is 1. The van der Waals surface area contributed by atoms with Crippen LogP contribution >= 0.6 is 0 Å². The summed E-state index contributed by atoms with van der Waals surface area (Å²) in [5, 5.41) is 19.5. The van der Waals surface area contributed by atoms with Gasteiger partial charge in [0.05, 0.1) is 17.2 Å². The summed E-state index contributed by atoms with van der Waals surface area (Å²) in [6.45, 7) is 4.19. The summed E-state index contributed by atoms with van der Waals surface area (Å²) >= 11 is 0. The van der Waals surface area contributed by atoms with E-state index in [1.807, 2.05) is 13.8 Å². The molecule has 1 aliphatic rings. The van der Waals surface area contributed by atoms with E-state index in [9.17, 15) is 15.0 Å². The first kappa shape index (κ1) is 11.9. The maximum absolute atomic E-state index is 12.3. The first-order chi connectivity index (χ1) is 7.94. The number of likely N-dealkylation sites (tertiary alicyclic amines) is 1. The average molecular weight is 235 g/mol. The summed E-state index contributed by atoms with van der Waals surface area (Å²) in [5.41, 5.74) is -0.297. The molecule has 1 amide bonds. The molecule has 0 spiro atoms. The van der Waals surface area contributed by atoms with Crippen molar-refractivity contribution in [2.24, 2.45) is 0 Å². The van der Waals surface area contributed by atoms with Gasteiger partial charge in [0, 0.05) is 6.54 Å². The maximum atomic E-state index is 12.3.